The molecule has 3 atom stereocenters. The van der Waals surface area contributed by atoms with Crippen molar-refractivity contribution >= 4 is 0 Å². The van der Waals surface area contributed by atoms with Crippen molar-refractivity contribution in [1.29, 1.82) is 0 Å². The first-order valence-corrected chi connectivity index (χ1v) is 7.73. The fraction of sp³-hybridized carbons (Fsp3) is 0.667. The molecule has 1 aliphatic carbocycles. The Bertz CT molecular complexity index is 423. The van der Waals surface area contributed by atoms with Gasteiger partial charge in [0.15, 0.2) is 0 Å². The summed E-state index contributed by atoms with van der Waals surface area (Å²) in [6, 6.07) is 8.63. The van der Waals surface area contributed by atoms with E-state index in [9.17, 15) is 5.11 Å². The summed E-state index contributed by atoms with van der Waals surface area (Å²) in [5.74, 6) is 1.64. The normalized spacial score (nSPS) is 31.7. The van der Waals surface area contributed by atoms with Crippen LogP contribution < -0.4 is 0 Å². The van der Waals surface area contributed by atoms with E-state index < -0.39 is 5.60 Å². The molecule has 1 saturated carbocycles. The number of hydrogen-bond donors (Lipinski definition) is 1. The van der Waals surface area contributed by atoms with Crippen LogP contribution in [0.2, 0.25) is 0 Å². The molecule has 1 aliphatic rings. The van der Waals surface area contributed by atoms with Crippen LogP contribution in [0.15, 0.2) is 24.3 Å². The molecule has 0 bridgehead atoms. The van der Waals surface area contributed by atoms with Crippen molar-refractivity contribution in [3.8, 4) is 0 Å². The van der Waals surface area contributed by atoms with Crippen LogP contribution >= 0.6 is 0 Å². The maximum Gasteiger partial charge on any atom is 0.0924 e. The van der Waals surface area contributed by atoms with E-state index in [1.54, 1.807) is 0 Å². The minimum atomic E-state index is -0.620. The average molecular weight is 260 g/mol. The molecule has 1 N–H and O–H groups in total. The maximum absolute atomic E-state index is 11.1. The lowest BCUT2D eigenvalue weighted by molar-refractivity contribution is -0.0627. The molecule has 19 heavy (non-hydrogen) atoms. The molecule has 2 rings (SSSR count). The number of benzene rings is 1. The molecule has 0 amide bonds. The lowest BCUT2D eigenvalue weighted by Crippen LogP contribution is -2.39. The maximum atomic E-state index is 11.1. The molecular weight excluding hydrogens is 232 g/mol. The van der Waals surface area contributed by atoms with Gasteiger partial charge in [-0.15, -0.1) is 0 Å². The number of hydrogen-bond acceptors (Lipinski definition) is 1. The van der Waals surface area contributed by atoms with Crippen LogP contribution in [-0.4, -0.2) is 5.11 Å². The molecule has 1 aromatic carbocycles. The van der Waals surface area contributed by atoms with Crippen molar-refractivity contribution in [2.24, 2.45) is 17.8 Å². The van der Waals surface area contributed by atoms with Crippen LogP contribution in [0.1, 0.15) is 58.1 Å². The first kappa shape index (κ1) is 14.6. The van der Waals surface area contributed by atoms with Crippen LogP contribution in [0, 0.1) is 17.8 Å². The zero-order chi connectivity index (χ0) is 14.0. The summed E-state index contributed by atoms with van der Waals surface area (Å²) in [6.45, 7) is 8.94. The average Bonchev–Trinajstić information content (AvgIpc) is 2.34. The molecule has 1 fully saturated rings. The number of rotatable bonds is 3. The zero-order valence-electron chi connectivity index (χ0n) is 12.8. The third-order valence-electron chi connectivity index (χ3n) is 4.64. The molecule has 0 spiro atoms. The molecule has 0 heterocycles. The van der Waals surface area contributed by atoms with Gasteiger partial charge in [0, 0.05) is 0 Å². The minimum absolute atomic E-state index is 0.359. The van der Waals surface area contributed by atoms with Gasteiger partial charge < -0.3 is 5.11 Å². The van der Waals surface area contributed by atoms with Gasteiger partial charge in [0.25, 0.3) is 0 Å². The van der Waals surface area contributed by atoms with Crippen LogP contribution in [-0.2, 0) is 12.0 Å². The Labute approximate surface area is 118 Å². The lowest BCUT2D eigenvalue weighted by atomic mass is 9.68. The van der Waals surface area contributed by atoms with Gasteiger partial charge in [-0.1, -0.05) is 58.4 Å². The van der Waals surface area contributed by atoms with Gasteiger partial charge in [0.2, 0.25) is 0 Å². The van der Waals surface area contributed by atoms with Crippen LogP contribution in [0.4, 0.5) is 0 Å². The van der Waals surface area contributed by atoms with Gasteiger partial charge in [-0.25, -0.2) is 0 Å². The molecule has 0 aliphatic heterocycles. The van der Waals surface area contributed by atoms with Gasteiger partial charge in [0.05, 0.1) is 5.60 Å². The van der Waals surface area contributed by atoms with Crippen LogP contribution in [0.5, 0.6) is 0 Å². The predicted octanol–water partition coefficient (Wildman–Crippen LogP) is 4.53. The first-order chi connectivity index (χ1) is 8.91. The summed E-state index contributed by atoms with van der Waals surface area (Å²) < 4.78 is 0. The second-order valence-electron chi connectivity index (χ2n) is 7.01. The summed E-state index contributed by atoms with van der Waals surface area (Å²) in [7, 11) is 0. The molecular formula is C18H28O. The van der Waals surface area contributed by atoms with E-state index in [2.05, 4.69) is 52.0 Å². The fourth-order valence-corrected chi connectivity index (χ4v) is 3.45. The highest BCUT2D eigenvalue weighted by Crippen LogP contribution is 2.43. The number of aliphatic hydroxyl groups is 1. The van der Waals surface area contributed by atoms with E-state index in [1.165, 1.54) is 12.0 Å². The predicted molar refractivity (Wildman–Crippen MR) is 81.1 cm³/mol. The van der Waals surface area contributed by atoms with Gasteiger partial charge in [-0.05, 0) is 48.1 Å². The Hall–Kier alpha value is -0.820. The summed E-state index contributed by atoms with van der Waals surface area (Å²) in [5.41, 5.74) is 1.86. The molecule has 0 radical (unpaired) electrons. The minimum Gasteiger partial charge on any atom is -0.385 e. The van der Waals surface area contributed by atoms with E-state index >= 15 is 0 Å². The van der Waals surface area contributed by atoms with Gasteiger partial charge in [0.1, 0.15) is 0 Å². The Balaban J connectivity index is 2.28. The SMILES string of the molecule is CC(C)Cc1cccc(C2(O)CC(C)CCC2C)c1. The third kappa shape index (κ3) is 3.20. The fourth-order valence-electron chi connectivity index (χ4n) is 3.45. The Morgan fingerprint density at radius 3 is 2.68 bits per heavy atom. The molecule has 0 aromatic heterocycles. The van der Waals surface area contributed by atoms with E-state index in [-0.39, 0.29) is 0 Å². The summed E-state index contributed by atoms with van der Waals surface area (Å²) in [4.78, 5) is 0. The quantitative estimate of drug-likeness (QED) is 0.846. The first-order valence-electron chi connectivity index (χ1n) is 7.73. The monoisotopic (exact) mass is 260 g/mol. The molecule has 0 saturated heterocycles. The standard InChI is InChI=1S/C18H28O/c1-13(2)10-16-6-5-7-17(11-16)18(19)12-14(3)8-9-15(18)4/h5-7,11,13-15,19H,8-10,12H2,1-4H3. The lowest BCUT2D eigenvalue weighted by Gasteiger charge is -2.41. The zero-order valence-corrected chi connectivity index (χ0v) is 12.8. The highest BCUT2D eigenvalue weighted by atomic mass is 16.3. The molecule has 3 unspecified atom stereocenters. The van der Waals surface area contributed by atoms with Crippen molar-refractivity contribution in [1.82, 2.24) is 0 Å². The van der Waals surface area contributed by atoms with Gasteiger partial charge in [-0.2, -0.15) is 0 Å². The van der Waals surface area contributed by atoms with Crippen molar-refractivity contribution in [3.05, 3.63) is 35.4 Å². The van der Waals surface area contributed by atoms with Gasteiger partial charge in [-0.3, -0.25) is 0 Å². The van der Waals surface area contributed by atoms with Crippen LogP contribution in [0.25, 0.3) is 0 Å². The smallest absolute Gasteiger partial charge is 0.0924 e. The Morgan fingerprint density at radius 1 is 1.26 bits per heavy atom. The topological polar surface area (TPSA) is 20.2 Å². The van der Waals surface area contributed by atoms with E-state index in [4.69, 9.17) is 0 Å². The molecule has 1 aromatic rings. The third-order valence-corrected chi connectivity index (χ3v) is 4.64. The van der Waals surface area contributed by atoms with E-state index in [0.717, 1.165) is 24.8 Å². The second-order valence-corrected chi connectivity index (χ2v) is 7.01. The molecule has 106 valence electrons. The molecule has 1 nitrogen and oxygen atoms in total. The largest absolute Gasteiger partial charge is 0.385 e. The van der Waals surface area contributed by atoms with Crippen molar-refractivity contribution < 1.29 is 5.11 Å². The summed E-state index contributed by atoms with van der Waals surface area (Å²) >= 11 is 0. The highest BCUT2D eigenvalue weighted by Gasteiger charge is 2.40. The van der Waals surface area contributed by atoms with Crippen molar-refractivity contribution in [2.75, 3.05) is 0 Å². The summed E-state index contributed by atoms with van der Waals surface area (Å²) in [6.07, 6.45) is 4.37. The van der Waals surface area contributed by atoms with Gasteiger partial charge >= 0.3 is 0 Å². The van der Waals surface area contributed by atoms with Crippen LogP contribution in [0.3, 0.4) is 0 Å². The van der Waals surface area contributed by atoms with Crippen molar-refractivity contribution in [3.63, 3.8) is 0 Å². The van der Waals surface area contributed by atoms with E-state index in [1.807, 2.05) is 0 Å². The molecule has 1 heteroatoms. The van der Waals surface area contributed by atoms with Crippen molar-refractivity contribution in [2.45, 2.75) is 59.0 Å². The Morgan fingerprint density at radius 2 is 2.00 bits per heavy atom. The Kier molecular flexibility index (Phi) is 4.35. The summed E-state index contributed by atoms with van der Waals surface area (Å²) in [5, 5.41) is 11.1. The van der Waals surface area contributed by atoms with E-state index in [0.29, 0.717) is 17.8 Å². The highest BCUT2D eigenvalue weighted by molar-refractivity contribution is 5.29. The second kappa shape index (κ2) is 5.66.